The van der Waals surface area contributed by atoms with E-state index in [9.17, 15) is 0 Å². The smallest absolute Gasteiger partial charge is 0.316 e. The van der Waals surface area contributed by atoms with Crippen LogP contribution >= 0.6 is 0 Å². The number of likely N-dealkylation sites (tertiary alicyclic amines) is 2. The summed E-state index contributed by atoms with van der Waals surface area (Å²) in [5.74, 6) is 0. The number of rotatable bonds is 5. The molecule has 5 nitrogen and oxygen atoms in total. The highest BCUT2D eigenvalue weighted by Gasteiger charge is 2.41. The van der Waals surface area contributed by atoms with Crippen molar-refractivity contribution in [3.63, 3.8) is 0 Å². The number of aryl methyl sites for hydroxylation is 1. The Morgan fingerprint density at radius 3 is 2.48 bits per heavy atom. The largest absolute Gasteiger partial charge is 0.467 e. The van der Waals surface area contributed by atoms with E-state index in [2.05, 4.69) is 51.0 Å². The highest BCUT2D eigenvalue weighted by molar-refractivity contribution is 5.22. The SMILES string of the molecule is COc1ncc(CN2CCC3(CCCN(Cc4cccc(C)c4)C3)C2)cn1. The van der Waals surface area contributed by atoms with Crippen molar-refractivity contribution in [2.45, 2.75) is 39.3 Å². The van der Waals surface area contributed by atoms with Gasteiger partial charge >= 0.3 is 6.01 Å². The van der Waals surface area contributed by atoms with Gasteiger partial charge in [-0.25, -0.2) is 9.97 Å². The molecule has 2 aliphatic heterocycles. The summed E-state index contributed by atoms with van der Waals surface area (Å²) in [6, 6.07) is 9.39. The van der Waals surface area contributed by atoms with Gasteiger partial charge in [0.15, 0.2) is 0 Å². The second kappa shape index (κ2) is 7.95. The number of hydrogen-bond donors (Lipinski definition) is 0. The number of nitrogens with zero attached hydrogens (tertiary/aromatic N) is 4. The summed E-state index contributed by atoms with van der Waals surface area (Å²) >= 11 is 0. The summed E-state index contributed by atoms with van der Waals surface area (Å²) < 4.78 is 5.06. The molecule has 5 heteroatoms. The summed E-state index contributed by atoms with van der Waals surface area (Å²) in [5.41, 5.74) is 4.42. The van der Waals surface area contributed by atoms with Crippen LogP contribution in [0.15, 0.2) is 36.7 Å². The first kappa shape index (κ1) is 18.4. The zero-order valence-corrected chi connectivity index (χ0v) is 16.5. The average molecular weight is 367 g/mol. The van der Waals surface area contributed by atoms with Crippen molar-refractivity contribution in [3.8, 4) is 6.01 Å². The van der Waals surface area contributed by atoms with Crippen molar-refractivity contribution in [1.82, 2.24) is 19.8 Å². The molecule has 0 N–H and O–H groups in total. The summed E-state index contributed by atoms with van der Waals surface area (Å²) in [5, 5.41) is 0. The maximum Gasteiger partial charge on any atom is 0.316 e. The minimum Gasteiger partial charge on any atom is -0.467 e. The number of aromatic nitrogens is 2. The molecule has 2 aromatic rings. The van der Waals surface area contributed by atoms with Gasteiger partial charge in [0.1, 0.15) is 0 Å². The molecule has 0 saturated carbocycles. The van der Waals surface area contributed by atoms with Crippen molar-refractivity contribution in [2.75, 3.05) is 33.3 Å². The Labute approximate surface area is 162 Å². The number of piperidine rings is 1. The molecule has 27 heavy (non-hydrogen) atoms. The molecule has 1 atom stereocenters. The van der Waals surface area contributed by atoms with Gasteiger partial charge in [0.05, 0.1) is 7.11 Å². The number of benzene rings is 1. The molecule has 144 valence electrons. The quantitative estimate of drug-likeness (QED) is 0.812. The molecule has 2 fully saturated rings. The molecule has 1 aromatic heterocycles. The van der Waals surface area contributed by atoms with Gasteiger partial charge in [-0.3, -0.25) is 9.80 Å². The Kier molecular flexibility index (Phi) is 5.41. The van der Waals surface area contributed by atoms with Gasteiger partial charge in [0, 0.05) is 44.1 Å². The van der Waals surface area contributed by atoms with E-state index in [0.29, 0.717) is 11.4 Å². The van der Waals surface area contributed by atoms with E-state index in [-0.39, 0.29) is 0 Å². The molecular weight excluding hydrogens is 336 g/mol. The van der Waals surface area contributed by atoms with Gasteiger partial charge in [-0.1, -0.05) is 29.8 Å². The lowest BCUT2D eigenvalue weighted by Crippen LogP contribution is -2.44. The third-order valence-electron chi connectivity index (χ3n) is 6.02. The second-order valence-electron chi connectivity index (χ2n) is 8.34. The Bertz CT molecular complexity index is 763. The zero-order valence-electron chi connectivity index (χ0n) is 16.5. The minimum absolute atomic E-state index is 0.440. The predicted molar refractivity (Wildman–Crippen MR) is 107 cm³/mol. The Morgan fingerprint density at radius 2 is 1.74 bits per heavy atom. The highest BCUT2D eigenvalue weighted by atomic mass is 16.5. The molecule has 1 unspecified atom stereocenters. The summed E-state index contributed by atoms with van der Waals surface area (Å²) in [6.45, 7) is 8.99. The molecule has 2 saturated heterocycles. The lowest BCUT2D eigenvalue weighted by Gasteiger charge is -2.40. The van der Waals surface area contributed by atoms with E-state index in [1.807, 2.05) is 12.4 Å². The zero-order chi connectivity index (χ0) is 18.7. The van der Waals surface area contributed by atoms with E-state index in [1.54, 1.807) is 7.11 Å². The standard InChI is InChI=1S/C22H30N4O/c1-18-5-3-6-19(11-18)14-25-9-4-7-22(16-25)8-10-26(17-22)15-20-12-23-21(27-2)24-13-20/h3,5-6,11-13H,4,7-10,14-17H2,1-2H3. The first-order valence-corrected chi connectivity index (χ1v) is 9.99. The minimum atomic E-state index is 0.440. The van der Waals surface area contributed by atoms with Gasteiger partial charge in [0.25, 0.3) is 0 Å². The van der Waals surface area contributed by atoms with Crippen molar-refractivity contribution in [2.24, 2.45) is 5.41 Å². The highest BCUT2D eigenvalue weighted by Crippen LogP contribution is 2.39. The fraction of sp³-hybridized carbons (Fsp3) is 0.545. The van der Waals surface area contributed by atoms with Gasteiger partial charge in [-0.05, 0) is 50.3 Å². The van der Waals surface area contributed by atoms with E-state index in [0.717, 1.165) is 13.1 Å². The van der Waals surface area contributed by atoms with Crippen LogP contribution in [0, 0.1) is 12.3 Å². The van der Waals surface area contributed by atoms with Gasteiger partial charge < -0.3 is 4.74 Å². The third kappa shape index (κ3) is 4.47. The maximum atomic E-state index is 5.06. The molecule has 3 heterocycles. The topological polar surface area (TPSA) is 41.5 Å². The fourth-order valence-corrected chi connectivity index (χ4v) is 4.80. The molecule has 0 amide bonds. The molecule has 1 aromatic carbocycles. The van der Waals surface area contributed by atoms with Crippen LogP contribution < -0.4 is 4.74 Å². The van der Waals surface area contributed by atoms with Gasteiger partial charge in [0.2, 0.25) is 0 Å². The first-order valence-electron chi connectivity index (χ1n) is 9.99. The summed E-state index contributed by atoms with van der Waals surface area (Å²) in [4.78, 5) is 13.7. The van der Waals surface area contributed by atoms with Crippen molar-refractivity contribution in [1.29, 1.82) is 0 Å². The normalized spacial score (nSPS) is 23.8. The van der Waals surface area contributed by atoms with Crippen LogP contribution in [0.3, 0.4) is 0 Å². The monoisotopic (exact) mass is 366 g/mol. The van der Waals surface area contributed by atoms with Crippen LogP contribution in [0.25, 0.3) is 0 Å². The van der Waals surface area contributed by atoms with Crippen molar-refractivity contribution < 1.29 is 4.74 Å². The molecule has 0 radical (unpaired) electrons. The summed E-state index contributed by atoms with van der Waals surface area (Å²) in [7, 11) is 1.60. The molecule has 4 rings (SSSR count). The molecule has 0 aliphatic carbocycles. The van der Waals surface area contributed by atoms with Crippen LogP contribution in [0.5, 0.6) is 6.01 Å². The van der Waals surface area contributed by atoms with Crippen molar-refractivity contribution >= 4 is 0 Å². The van der Waals surface area contributed by atoms with E-state index < -0.39 is 0 Å². The van der Waals surface area contributed by atoms with Crippen LogP contribution in [0.1, 0.15) is 36.0 Å². The van der Waals surface area contributed by atoms with Gasteiger partial charge in [-0.2, -0.15) is 0 Å². The molecular formula is C22H30N4O. The molecule has 1 spiro atoms. The molecule has 0 bridgehead atoms. The Hall–Kier alpha value is -1.98. The Balaban J connectivity index is 1.35. The lowest BCUT2D eigenvalue weighted by atomic mass is 9.79. The first-order chi connectivity index (χ1) is 13.1. The molecule has 2 aliphatic rings. The van der Waals surface area contributed by atoms with Crippen LogP contribution in [0.4, 0.5) is 0 Å². The van der Waals surface area contributed by atoms with Crippen LogP contribution in [0.2, 0.25) is 0 Å². The number of methoxy groups -OCH3 is 1. The lowest BCUT2D eigenvalue weighted by molar-refractivity contribution is 0.0866. The average Bonchev–Trinajstić information content (AvgIpc) is 3.04. The predicted octanol–water partition coefficient (Wildman–Crippen LogP) is 3.28. The summed E-state index contributed by atoms with van der Waals surface area (Å²) in [6.07, 6.45) is 7.75. The number of hydrogen-bond acceptors (Lipinski definition) is 5. The van der Waals surface area contributed by atoms with Crippen LogP contribution in [-0.2, 0) is 13.1 Å². The van der Waals surface area contributed by atoms with E-state index >= 15 is 0 Å². The Morgan fingerprint density at radius 1 is 1.00 bits per heavy atom. The third-order valence-corrected chi connectivity index (χ3v) is 6.02. The van der Waals surface area contributed by atoms with Gasteiger partial charge in [-0.15, -0.1) is 0 Å². The maximum absolute atomic E-state index is 5.06. The van der Waals surface area contributed by atoms with Crippen LogP contribution in [-0.4, -0.2) is 53.1 Å². The van der Waals surface area contributed by atoms with E-state index in [4.69, 9.17) is 4.74 Å². The number of ether oxygens (including phenoxy) is 1. The second-order valence-corrected chi connectivity index (χ2v) is 8.34. The van der Waals surface area contributed by atoms with E-state index in [1.165, 1.54) is 62.1 Å². The van der Waals surface area contributed by atoms with Crippen molar-refractivity contribution in [3.05, 3.63) is 53.3 Å². The fourth-order valence-electron chi connectivity index (χ4n) is 4.80.